The van der Waals surface area contributed by atoms with Gasteiger partial charge in [-0.05, 0) is 60.6 Å². The summed E-state index contributed by atoms with van der Waals surface area (Å²) in [5.41, 5.74) is 4.30. The Labute approximate surface area is 205 Å². The van der Waals surface area contributed by atoms with E-state index in [1.54, 1.807) is 12.1 Å². The topological polar surface area (TPSA) is 65.1 Å². The SMILES string of the molecule is COC(=O)CC(C)(C)CCN1CCC(=C2c3ccccc3OOC(=O)c3cc(Cl)ccc32)CC1. The van der Waals surface area contributed by atoms with Gasteiger partial charge in [0.2, 0.25) is 0 Å². The summed E-state index contributed by atoms with van der Waals surface area (Å²) < 4.78 is 4.84. The summed E-state index contributed by atoms with van der Waals surface area (Å²) in [6.45, 7) is 6.94. The average Bonchev–Trinajstić information content (AvgIpc) is 2.82. The number of para-hydroxylation sites is 1. The fourth-order valence-corrected chi connectivity index (χ4v) is 4.78. The number of rotatable bonds is 5. The third-order valence-corrected chi connectivity index (χ3v) is 6.84. The molecule has 4 rings (SSSR count). The molecule has 0 aromatic heterocycles. The quantitative estimate of drug-likeness (QED) is 0.402. The highest BCUT2D eigenvalue weighted by Crippen LogP contribution is 2.40. The minimum Gasteiger partial charge on any atom is -0.469 e. The van der Waals surface area contributed by atoms with Crippen LogP contribution in [-0.2, 0) is 14.4 Å². The lowest BCUT2D eigenvalue weighted by atomic mass is 9.84. The highest BCUT2D eigenvalue weighted by atomic mass is 35.5. The average molecular weight is 484 g/mol. The molecule has 0 radical (unpaired) electrons. The van der Waals surface area contributed by atoms with Gasteiger partial charge in [-0.3, -0.25) is 9.68 Å². The second-order valence-electron chi connectivity index (χ2n) is 9.63. The number of carbonyl (C=O) groups excluding carboxylic acids is 2. The standard InChI is InChI=1S/C27H30ClNO5/c1-27(2,17-24(30)32-3)12-15-29-13-10-18(11-14-29)25-20-9-8-19(28)16-22(20)26(31)34-33-23-7-5-4-6-21(23)25/h4-9,16H,10-15,17H2,1-3H3. The van der Waals surface area contributed by atoms with E-state index in [2.05, 4.69) is 18.7 Å². The highest BCUT2D eigenvalue weighted by Gasteiger charge is 2.29. The molecule has 2 aromatic rings. The number of likely N-dealkylation sites (tertiary alicyclic amines) is 1. The molecule has 1 fully saturated rings. The number of methoxy groups -OCH3 is 1. The zero-order chi connectivity index (χ0) is 24.3. The molecule has 0 aliphatic carbocycles. The Morgan fingerprint density at radius 3 is 2.53 bits per heavy atom. The van der Waals surface area contributed by atoms with E-state index >= 15 is 0 Å². The van der Waals surface area contributed by atoms with E-state index in [0.29, 0.717) is 22.8 Å². The number of nitrogens with zero attached hydrogens (tertiary/aromatic N) is 1. The van der Waals surface area contributed by atoms with Crippen LogP contribution in [0.1, 0.15) is 61.0 Å². The van der Waals surface area contributed by atoms with Crippen LogP contribution in [-0.4, -0.2) is 43.6 Å². The Morgan fingerprint density at radius 1 is 1.06 bits per heavy atom. The van der Waals surface area contributed by atoms with Crippen molar-refractivity contribution in [1.29, 1.82) is 0 Å². The van der Waals surface area contributed by atoms with Crippen molar-refractivity contribution in [1.82, 2.24) is 4.90 Å². The van der Waals surface area contributed by atoms with Gasteiger partial charge < -0.3 is 9.64 Å². The molecule has 2 aliphatic heterocycles. The fourth-order valence-electron chi connectivity index (χ4n) is 4.61. The lowest BCUT2D eigenvalue weighted by molar-refractivity contribution is -0.150. The van der Waals surface area contributed by atoms with Crippen LogP contribution in [0.4, 0.5) is 0 Å². The summed E-state index contributed by atoms with van der Waals surface area (Å²) in [4.78, 5) is 37.3. The third kappa shape index (κ3) is 5.45. The first-order chi connectivity index (χ1) is 16.3. The Morgan fingerprint density at radius 2 is 1.79 bits per heavy atom. The van der Waals surface area contributed by atoms with Crippen molar-refractivity contribution >= 4 is 29.1 Å². The van der Waals surface area contributed by atoms with Crippen molar-refractivity contribution in [2.75, 3.05) is 26.7 Å². The molecule has 6 nitrogen and oxygen atoms in total. The van der Waals surface area contributed by atoms with Gasteiger partial charge in [-0.25, -0.2) is 9.68 Å². The Balaban J connectivity index is 1.60. The molecular weight excluding hydrogens is 454 g/mol. The van der Waals surface area contributed by atoms with Gasteiger partial charge >= 0.3 is 11.9 Å². The summed E-state index contributed by atoms with van der Waals surface area (Å²) in [5.74, 6) is -0.209. The minimum absolute atomic E-state index is 0.111. The van der Waals surface area contributed by atoms with Gasteiger partial charge in [0.1, 0.15) is 0 Å². The van der Waals surface area contributed by atoms with Crippen molar-refractivity contribution < 1.29 is 24.1 Å². The molecule has 1 saturated heterocycles. The minimum atomic E-state index is -0.560. The number of carbonyl (C=O) groups is 2. The first-order valence-corrected chi connectivity index (χ1v) is 11.9. The maximum atomic E-state index is 12.7. The van der Waals surface area contributed by atoms with E-state index in [4.69, 9.17) is 26.1 Å². The number of hydrogen-bond acceptors (Lipinski definition) is 6. The molecule has 34 heavy (non-hydrogen) atoms. The number of piperidine rings is 1. The lowest BCUT2D eigenvalue weighted by Crippen LogP contribution is -2.34. The predicted molar refractivity (Wildman–Crippen MR) is 131 cm³/mol. The number of hydrogen-bond donors (Lipinski definition) is 0. The maximum absolute atomic E-state index is 12.7. The van der Waals surface area contributed by atoms with Gasteiger partial charge in [-0.1, -0.05) is 55.3 Å². The molecular formula is C27H30ClNO5. The van der Waals surface area contributed by atoms with Crippen LogP contribution in [0.15, 0.2) is 48.0 Å². The van der Waals surface area contributed by atoms with E-state index in [9.17, 15) is 9.59 Å². The van der Waals surface area contributed by atoms with E-state index in [1.807, 2.05) is 30.3 Å². The molecule has 0 atom stereocenters. The zero-order valence-electron chi connectivity index (χ0n) is 19.9. The normalized spacial score (nSPS) is 16.5. The zero-order valence-corrected chi connectivity index (χ0v) is 20.6. The van der Waals surface area contributed by atoms with Gasteiger partial charge in [0.05, 0.1) is 19.1 Å². The van der Waals surface area contributed by atoms with E-state index in [1.165, 1.54) is 12.7 Å². The van der Waals surface area contributed by atoms with Gasteiger partial charge in [0.25, 0.3) is 0 Å². The summed E-state index contributed by atoms with van der Waals surface area (Å²) in [6.07, 6.45) is 3.08. The van der Waals surface area contributed by atoms with Crippen LogP contribution in [0.2, 0.25) is 5.02 Å². The molecule has 180 valence electrons. The number of esters is 1. The molecule has 0 unspecified atom stereocenters. The van der Waals surface area contributed by atoms with Crippen LogP contribution in [0.25, 0.3) is 5.57 Å². The van der Waals surface area contributed by atoms with Crippen molar-refractivity contribution in [3.63, 3.8) is 0 Å². The molecule has 7 heteroatoms. The van der Waals surface area contributed by atoms with Crippen molar-refractivity contribution in [3.05, 3.63) is 69.8 Å². The number of ether oxygens (including phenoxy) is 1. The summed E-state index contributed by atoms with van der Waals surface area (Å²) in [7, 11) is 1.43. The number of benzene rings is 2. The first kappa shape index (κ1) is 24.3. The van der Waals surface area contributed by atoms with Gasteiger partial charge in [0.15, 0.2) is 5.75 Å². The Bertz CT molecular complexity index is 1110. The Kier molecular flexibility index (Phi) is 7.29. The van der Waals surface area contributed by atoms with Crippen LogP contribution < -0.4 is 4.89 Å². The van der Waals surface area contributed by atoms with Crippen molar-refractivity contribution in [2.24, 2.45) is 5.41 Å². The molecule has 0 spiro atoms. The fraction of sp³-hybridized carbons (Fsp3) is 0.407. The van der Waals surface area contributed by atoms with Gasteiger partial charge in [-0.15, -0.1) is 0 Å². The summed E-state index contributed by atoms with van der Waals surface area (Å²) in [6, 6.07) is 13.0. The predicted octanol–water partition coefficient (Wildman–Crippen LogP) is 5.68. The molecule has 2 aromatic carbocycles. The smallest absolute Gasteiger partial charge is 0.386 e. The maximum Gasteiger partial charge on any atom is 0.386 e. The molecule has 0 bridgehead atoms. The summed E-state index contributed by atoms with van der Waals surface area (Å²) in [5, 5.41) is 0.471. The van der Waals surface area contributed by atoms with Crippen LogP contribution >= 0.6 is 11.6 Å². The summed E-state index contributed by atoms with van der Waals surface area (Å²) >= 11 is 6.20. The van der Waals surface area contributed by atoms with E-state index < -0.39 is 5.97 Å². The van der Waals surface area contributed by atoms with Crippen molar-refractivity contribution in [2.45, 2.75) is 39.5 Å². The molecule has 0 saturated carbocycles. The van der Waals surface area contributed by atoms with Crippen LogP contribution in [0, 0.1) is 5.41 Å². The molecule has 0 amide bonds. The van der Waals surface area contributed by atoms with E-state index in [0.717, 1.165) is 55.6 Å². The lowest BCUT2D eigenvalue weighted by Gasteiger charge is -2.33. The van der Waals surface area contributed by atoms with Crippen molar-refractivity contribution in [3.8, 4) is 5.75 Å². The third-order valence-electron chi connectivity index (χ3n) is 6.60. The van der Waals surface area contributed by atoms with Gasteiger partial charge in [-0.2, -0.15) is 0 Å². The van der Waals surface area contributed by atoms with Gasteiger partial charge in [0, 0.05) is 23.7 Å². The second-order valence-corrected chi connectivity index (χ2v) is 10.1. The Hall–Kier alpha value is -2.83. The molecule has 2 heterocycles. The second kappa shape index (κ2) is 10.2. The van der Waals surface area contributed by atoms with Crippen LogP contribution in [0.5, 0.6) is 5.75 Å². The molecule has 2 aliphatic rings. The molecule has 0 N–H and O–H groups in total. The highest BCUT2D eigenvalue weighted by molar-refractivity contribution is 6.31. The first-order valence-electron chi connectivity index (χ1n) is 11.6. The largest absolute Gasteiger partial charge is 0.469 e. The van der Waals surface area contributed by atoms with Crippen LogP contribution in [0.3, 0.4) is 0 Å². The number of fused-ring (bicyclic) bond motifs is 2. The van der Waals surface area contributed by atoms with E-state index in [-0.39, 0.29) is 11.4 Å². The number of halogens is 1. The monoisotopic (exact) mass is 483 g/mol.